The molecule has 25 heavy (non-hydrogen) atoms. The van der Waals surface area contributed by atoms with Crippen molar-refractivity contribution in [1.29, 1.82) is 0 Å². The molecule has 0 bridgehead atoms. The van der Waals surface area contributed by atoms with Crippen molar-refractivity contribution in [3.05, 3.63) is 48.7 Å². The minimum Gasteiger partial charge on any atom is -0.437 e. The number of benzene rings is 1. The predicted octanol–water partition coefficient (Wildman–Crippen LogP) is 2.66. The molecule has 3 rings (SSSR count). The molecule has 2 aromatic rings. The van der Waals surface area contributed by atoms with Crippen molar-refractivity contribution in [3.8, 4) is 11.6 Å². The quantitative estimate of drug-likeness (QED) is 0.798. The zero-order chi connectivity index (χ0) is 17.5. The molecule has 3 amide bonds. The molecule has 7 heteroatoms. The van der Waals surface area contributed by atoms with E-state index in [1.165, 1.54) is 0 Å². The Labute approximate surface area is 145 Å². The van der Waals surface area contributed by atoms with Crippen LogP contribution >= 0.6 is 0 Å². The van der Waals surface area contributed by atoms with Crippen molar-refractivity contribution in [2.24, 2.45) is 0 Å². The van der Waals surface area contributed by atoms with Crippen molar-refractivity contribution in [2.45, 2.75) is 25.3 Å². The molecule has 0 aliphatic carbocycles. The van der Waals surface area contributed by atoms with Gasteiger partial charge in [0, 0.05) is 12.7 Å². The zero-order valence-corrected chi connectivity index (χ0v) is 13.7. The highest BCUT2D eigenvalue weighted by Crippen LogP contribution is 2.26. The topological polar surface area (TPSA) is 92.3 Å². The molecule has 1 aliphatic rings. The summed E-state index contributed by atoms with van der Waals surface area (Å²) in [6, 6.07) is 11.6. The summed E-state index contributed by atoms with van der Waals surface area (Å²) in [5.41, 5.74) is 0.429. The van der Waals surface area contributed by atoms with Crippen molar-refractivity contribution in [3.63, 3.8) is 0 Å². The van der Waals surface area contributed by atoms with Gasteiger partial charge in [-0.05, 0) is 43.5 Å². The normalized spacial score (nSPS) is 17.1. The summed E-state index contributed by atoms with van der Waals surface area (Å²) in [7, 11) is 0. The molecule has 1 aromatic heterocycles. The molecular formula is C18H20N4O3. The van der Waals surface area contributed by atoms with Crippen LogP contribution in [-0.4, -0.2) is 29.5 Å². The summed E-state index contributed by atoms with van der Waals surface area (Å²) in [5, 5.41) is 8.19. The summed E-state index contributed by atoms with van der Waals surface area (Å²) >= 11 is 0. The van der Waals surface area contributed by atoms with Gasteiger partial charge in [0.15, 0.2) is 0 Å². The summed E-state index contributed by atoms with van der Waals surface area (Å²) in [4.78, 5) is 28.3. The average molecular weight is 340 g/mol. The van der Waals surface area contributed by atoms with Gasteiger partial charge >= 0.3 is 6.03 Å². The van der Waals surface area contributed by atoms with Gasteiger partial charge in [-0.3, -0.25) is 4.79 Å². The lowest BCUT2D eigenvalue weighted by Gasteiger charge is -2.16. The van der Waals surface area contributed by atoms with Crippen LogP contribution in [0.2, 0.25) is 0 Å². The second kappa shape index (κ2) is 8.14. The number of hydrogen-bond acceptors (Lipinski definition) is 4. The lowest BCUT2D eigenvalue weighted by atomic mass is 10.1. The van der Waals surface area contributed by atoms with Crippen LogP contribution < -0.4 is 20.7 Å². The van der Waals surface area contributed by atoms with Crippen molar-refractivity contribution in [2.75, 3.05) is 11.9 Å². The number of aromatic nitrogens is 1. The number of amides is 3. The Kier molecular flexibility index (Phi) is 5.46. The molecule has 3 N–H and O–H groups in total. The van der Waals surface area contributed by atoms with E-state index >= 15 is 0 Å². The molecule has 0 spiro atoms. The molecular weight excluding hydrogens is 320 g/mol. The van der Waals surface area contributed by atoms with Crippen LogP contribution in [0.5, 0.6) is 11.6 Å². The fraction of sp³-hybridized carbons (Fsp3) is 0.278. The van der Waals surface area contributed by atoms with E-state index in [0.717, 1.165) is 12.8 Å². The van der Waals surface area contributed by atoms with Gasteiger partial charge in [0.05, 0.1) is 0 Å². The van der Waals surface area contributed by atoms with Gasteiger partial charge in [0.1, 0.15) is 17.5 Å². The molecule has 1 fully saturated rings. The fourth-order valence-electron chi connectivity index (χ4n) is 2.56. The Morgan fingerprint density at radius 2 is 2.00 bits per heavy atom. The van der Waals surface area contributed by atoms with Gasteiger partial charge in [-0.25, -0.2) is 9.78 Å². The Morgan fingerprint density at radius 3 is 2.84 bits per heavy atom. The Balaban J connectivity index is 1.66. The zero-order valence-electron chi connectivity index (χ0n) is 13.7. The summed E-state index contributed by atoms with van der Waals surface area (Å²) in [5.74, 6) is 0.751. The summed E-state index contributed by atoms with van der Waals surface area (Å²) in [6.45, 7) is 0.649. The minimum atomic E-state index is -0.530. The van der Waals surface area contributed by atoms with Gasteiger partial charge in [0.2, 0.25) is 11.8 Å². The number of ether oxygens (including phenoxy) is 1. The number of hydrogen-bond donors (Lipinski definition) is 3. The molecule has 1 atom stereocenters. The van der Waals surface area contributed by atoms with Crippen LogP contribution in [0.15, 0.2) is 48.7 Å². The third kappa shape index (κ3) is 4.69. The molecule has 1 saturated heterocycles. The molecule has 130 valence electrons. The summed E-state index contributed by atoms with van der Waals surface area (Å²) < 4.78 is 5.71. The number of urea groups is 1. The molecule has 2 heterocycles. The van der Waals surface area contributed by atoms with Gasteiger partial charge < -0.3 is 20.7 Å². The van der Waals surface area contributed by atoms with Crippen molar-refractivity contribution >= 4 is 17.6 Å². The highest BCUT2D eigenvalue weighted by atomic mass is 16.5. The van der Waals surface area contributed by atoms with Crippen LogP contribution in [-0.2, 0) is 4.79 Å². The standard InChI is InChI=1S/C18H20N4O3/c23-16-14(9-4-5-11-19-16)21-18(24)22-15-10-6-12-20-17(15)25-13-7-2-1-3-8-13/h1-3,6-8,10,12,14H,4-5,9,11H2,(H,19,23)(H2,21,22,24). The second-order valence-corrected chi connectivity index (χ2v) is 5.71. The van der Waals surface area contributed by atoms with Crippen LogP contribution in [0.3, 0.4) is 0 Å². The van der Waals surface area contributed by atoms with E-state index in [9.17, 15) is 9.59 Å². The van der Waals surface area contributed by atoms with Crippen LogP contribution in [0, 0.1) is 0 Å². The van der Waals surface area contributed by atoms with Gasteiger partial charge in [-0.1, -0.05) is 18.2 Å². The molecule has 1 aromatic carbocycles. The second-order valence-electron chi connectivity index (χ2n) is 5.71. The third-order valence-corrected chi connectivity index (χ3v) is 3.82. The van der Waals surface area contributed by atoms with E-state index in [2.05, 4.69) is 20.9 Å². The first-order valence-corrected chi connectivity index (χ1v) is 8.25. The molecule has 1 unspecified atom stereocenters. The SMILES string of the molecule is O=C(Nc1cccnc1Oc1ccccc1)NC1CCCCNC1=O. The van der Waals surface area contributed by atoms with E-state index in [1.807, 2.05) is 18.2 Å². The lowest BCUT2D eigenvalue weighted by molar-refractivity contribution is -0.122. The first kappa shape index (κ1) is 16.8. The first-order chi connectivity index (χ1) is 12.2. The van der Waals surface area contributed by atoms with Gasteiger partial charge in [0.25, 0.3) is 0 Å². The van der Waals surface area contributed by atoms with Crippen LogP contribution in [0.25, 0.3) is 0 Å². The van der Waals surface area contributed by atoms with Crippen LogP contribution in [0.4, 0.5) is 10.5 Å². The highest BCUT2D eigenvalue weighted by molar-refractivity contribution is 5.94. The maximum absolute atomic E-state index is 12.3. The number of anilines is 1. The smallest absolute Gasteiger partial charge is 0.320 e. The number of carbonyl (C=O) groups excluding carboxylic acids is 2. The van der Waals surface area contributed by atoms with Gasteiger partial charge in [-0.15, -0.1) is 0 Å². The third-order valence-electron chi connectivity index (χ3n) is 3.82. The Bertz CT molecular complexity index is 736. The van der Waals surface area contributed by atoms with Crippen LogP contribution in [0.1, 0.15) is 19.3 Å². The summed E-state index contributed by atoms with van der Waals surface area (Å²) in [6.07, 6.45) is 4.02. The largest absolute Gasteiger partial charge is 0.437 e. The van der Waals surface area contributed by atoms with Gasteiger partial charge in [-0.2, -0.15) is 0 Å². The molecule has 0 saturated carbocycles. The van der Waals surface area contributed by atoms with E-state index in [-0.39, 0.29) is 11.8 Å². The number of pyridine rings is 1. The number of nitrogens with zero attached hydrogens (tertiary/aromatic N) is 1. The molecule has 0 radical (unpaired) electrons. The van der Waals surface area contributed by atoms with E-state index in [0.29, 0.717) is 24.4 Å². The first-order valence-electron chi connectivity index (χ1n) is 8.25. The predicted molar refractivity (Wildman–Crippen MR) is 93.6 cm³/mol. The molecule has 7 nitrogen and oxygen atoms in total. The van der Waals surface area contributed by atoms with E-state index < -0.39 is 12.1 Å². The average Bonchev–Trinajstić information content (AvgIpc) is 2.82. The maximum atomic E-state index is 12.3. The number of para-hydroxylation sites is 1. The monoisotopic (exact) mass is 340 g/mol. The molecule has 1 aliphatic heterocycles. The highest BCUT2D eigenvalue weighted by Gasteiger charge is 2.22. The Morgan fingerprint density at radius 1 is 1.16 bits per heavy atom. The van der Waals surface area contributed by atoms with E-state index in [1.54, 1.807) is 30.5 Å². The fourth-order valence-corrected chi connectivity index (χ4v) is 2.56. The van der Waals surface area contributed by atoms with Crippen molar-refractivity contribution in [1.82, 2.24) is 15.6 Å². The van der Waals surface area contributed by atoms with E-state index in [4.69, 9.17) is 4.74 Å². The lowest BCUT2D eigenvalue weighted by Crippen LogP contribution is -2.47. The van der Waals surface area contributed by atoms with Crippen molar-refractivity contribution < 1.29 is 14.3 Å². The number of rotatable bonds is 4. The Hall–Kier alpha value is -3.09. The minimum absolute atomic E-state index is 0.153. The number of nitrogens with one attached hydrogen (secondary N) is 3. The maximum Gasteiger partial charge on any atom is 0.320 e. The number of carbonyl (C=O) groups is 2.